The van der Waals surface area contributed by atoms with E-state index in [0.29, 0.717) is 23.0 Å². The van der Waals surface area contributed by atoms with E-state index >= 15 is 0 Å². The molecule has 152 valence electrons. The van der Waals surface area contributed by atoms with Gasteiger partial charge in [-0.3, -0.25) is 0 Å². The second-order valence-electron chi connectivity index (χ2n) is 8.90. The largest absolute Gasteiger partial charge is 0.510 e. The van der Waals surface area contributed by atoms with Gasteiger partial charge >= 0.3 is 6.16 Å². The van der Waals surface area contributed by atoms with E-state index in [2.05, 4.69) is 47.5 Å². The van der Waals surface area contributed by atoms with Crippen LogP contribution in [-0.2, 0) is 13.9 Å². The van der Waals surface area contributed by atoms with Crippen molar-refractivity contribution in [3.05, 3.63) is 0 Å². The van der Waals surface area contributed by atoms with Crippen LogP contribution in [0.2, 0.25) is 16.6 Å². The minimum absolute atomic E-state index is 0.549. The van der Waals surface area contributed by atoms with Gasteiger partial charge < -0.3 is 13.9 Å². The summed E-state index contributed by atoms with van der Waals surface area (Å²) in [7, 11) is -1.81. The van der Waals surface area contributed by atoms with Gasteiger partial charge in [-0.15, -0.1) is 6.42 Å². The van der Waals surface area contributed by atoms with Crippen LogP contribution in [0.25, 0.3) is 0 Å². The van der Waals surface area contributed by atoms with Crippen molar-refractivity contribution in [3.63, 3.8) is 0 Å². The van der Waals surface area contributed by atoms with E-state index in [-0.39, 0.29) is 0 Å². The lowest BCUT2D eigenvalue weighted by Crippen LogP contribution is -2.47. The Kier molecular flexibility index (Phi) is 10.6. The van der Waals surface area contributed by atoms with E-state index in [1.807, 2.05) is 0 Å². The molecule has 0 N–H and O–H groups in total. The number of carbonyl (C=O) groups excluding carboxylic acids is 1. The van der Waals surface area contributed by atoms with E-state index in [1.165, 1.54) is 0 Å². The Morgan fingerprint density at radius 2 is 1.50 bits per heavy atom. The van der Waals surface area contributed by atoms with Gasteiger partial charge in [0.25, 0.3) is 0 Å². The third-order valence-electron chi connectivity index (χ3n) is 4.73. The Labute approximate surface area is 162 Å². The van der Waals surface area contributed by atoms with Crippen LogP contribution in [0.15, 0.2) is 0 Å². The maximum absolute atomic E-state index is 11.7. The van der Waals surface area contributed by atoms with Crippen molar-refractivity contribution in [3.8, 4) is 12.3 Å². The van der Waals surface area contributed by atoms with Crippen LogP contribution >= 0.6 is 0 Å². The van der Waals surface area contributed by atoms with Crippen LogP contribution in [0.5, 0.6) is 0 Å². The van der Waals surface area contributed by atoms with Crippen LogP contribution in [-0.4, -0.2) is 32.8 Å². The first-order valence-corrected chi connectivity index (χ1v) is 12.0. The molecule has 0 aliphatic carbocycles. The van der Waals surface area contributed by atoms with Gasteiger partial charge in [0.15, 0.2) is 14.4 Å². The van der Waals surface area contributed by atoms with E-state index in [0.717, 1.165) is 19.4 Å². The lowest BCUT2D eigenvalue weighted by Gasteiger charge is -2.42. The fourth-order valence-electron chi connectivity index (χ4n) is 3.75. The van der Waals surface area contributed by atoms with Crippen molar-refractivity contribution >= 4 is 14.5 Å². The Bertz CT molecular complexity index is 436. The van der Waals surface area contributed by atoms with Crippen LogP contribution in [0.3, 0.4) is 0 Å². The summed E-state index contributed by atoms with van der Waals surface area (Å²) in [5, 5.41) is 0. The molecule has 0 saturated carbocycles. The molecule has 0 saturated heterocycles. The maximum Gasteiger partial charge on any atom is 0.510 e. The van der Waals surface area contributed by atoms with Gasteiger partial charge in [0, 0.05) is 6.61 Å². The molecule has 0 aliphatic rings. The quantitative estimate of drug-likeness (QED) is 0.192. The summed E-state index contributed by atoms with van der Waals surface area (Å²) >= 11 is 0. The number of carbonyl (C=O) groups is 1. The molecule has 0 aromatic rings. The second-order valence-corrected chi connectivity index (χ2v) is 14.4. The van der Waals surface area contributed by atoms with Crippen LogP contribution in [0.4, 0.5) is 4.79 Å². The minimum atomic E-state index is -1.81. The summed E-state index contributed by atoms with van der Waals surface area (Å²) in [6.45, 7) is 19.9. The van der Waals surface area contributed by atoms with Crippen LogP contribution in [0.1, 0.15) is 81.6 Å². The second kappa shape index (κ2) is 11.0. The molecular weight excluding hydrogens is 344 g/mol. The van der Waals surface area contributed by atoms with Crippen molar-refractivity contribution < 1.29 is 18.7 Å². The molecule has 4 nitrogen and oxygen atoms in total. The third kappa shape index (κ3) is 8.14. The molecule has 0 amide bonds. The summed E-state index contributed by atoms with van der Waals surface area (Å²) in [6.07, 6.45) is 6.62. The first-order valence-electron chi connectivity index (χ1n) is 9.86. The molecule has 5 heteroatoms. The predicted octanol–water partition coefficient (Wildman–Crippen LogP) is 6.30. The predicted molar refractivity (Wildman–Crippen MR) is 111 cm³/mol. The Morgan fingerprint density at radius 1 is 1.00 bits per heavy atom. The lowest BCUT2D eigenvalue weighted by molar-refractivity contribution is -0.0182. The molecule has 1 atom stereocenters. The number of hydrogen-bond acceptors (Lipinski definition) is 4. The summed E-state index contributed by atoms with van der Waals surface area (Å²) in [5.74, 6) is 2.53. The van der Waals surface area contributed by atoms with E-state index in [1.54, 1.807) is 20.8 Å². The summed E-state index contributed by atoms with van der Waals surface area (Å²) in [6, 6.07) is 0. The molecule has 26 heavy (non-hydrogen) atoms. The highest BCUT2D eigenvalue weighted by Gasteiger charge is 2.44. The fraction of sp³-hybridized carbons (Fsp3) is 0.857. The molecule has 0 aromatic carbocycles. The summed E-state index contributed by atoms with van der Waals surface area (Å²) < 4.78 is 16.9. The first kappa shape index (κ1) is 25.0. The molecule has 0 radical (unpaired) electrons. The molecule has 0 aliphatic heterocycles. The van der Waals surface area contributed by atoms with Gasteiger partial charge in [0.05, 0.1) is 0 Å². The summed E-state index contributed by atoms with van der Waals surface area (Å²) in [4.78, 5) is 11.7. The molecule has 0 heterocycles. The van der Waals surface area contributed by atoms with Crippen molar-refractivity contribution in [2.45, 2.75) is 110 Å². The molecule has 0 aromatic heterocycles. The Hall–Kier alpha value is -0.993. The topological polar surface area (TPSA) is 44.8 Å². The van der Waals surface area contributed by atoms with Gasteiger partial charge in [0.1, 0.15) is 5.60 Å². The highest BCUT2D eigenvalue weighted by atomic mass is 28.4. The monoisotopic (exact) mass is 384 g/mol. The number of ether oxygens (including phenoxy) is 2. The highest BCUT2D eigenvalue weighted by molar-refractivity contribution is 6.77. The number of rotatable bonds is 10. The van der Waals surface area contributed by atoms with Gasteiger partial charge in [0.2, 0.25) is 0 Å². The zero-order valence-electron chi connectivity index (χ0n) is 18.3. The van der Waals surface area contributed by atoms with Crippen LogP contribution in [0, 0.1) is 12.3 Å². The molecule has 1 unspecified atom stereocenters. The number of hydrogen-bond donors (Lipinski definition) is 0. The first-order chi connectivity index (χ1) is 11.9. The van der Waals surface area contributed by atoms with Crippen molar-refractivity contribution in [1.82, 2.24) is 0 Å². The van der Waals surface area contributed by atoms with E-state index in [4.69, 9.17) is 20.3 Å². The third-order valence-corrected chi connectivity index (χ3v) is 10.9. The Morgan fingerprint density at radius 3 is 1.88 bits per heavy atom. The standard InChI is InChI=1S/C21H40O4Si/c1-11-19(24-20(22)25-21(8,9)10)14-12-13-15-23-26(16(2)3,17(4)5)18(6)7/h1,16-19H,12-15H2,2-10H3. The van der Waals surface area contributed by atoms with Gasteiger partial charge in [-0.05, 0) is 56.7 Å². The summed E-state index contributed by atoms with van der Waals surface area (Å²) in [5.41, 5.74) is 1.16. The van der Waals surface area contributed by atoms with Crippen molar-refractivity contribution in [2.24, 2.45) is 0 Å². The Balaban J connectivity index is 4.42. The molecule has 0 fully saturated rings. The van der Waals surface area contributed by atoms with Crippen molar-refractivity contribution in [2.75, 3.05) is 6.61 Å². The zero-order chi connectivity index (χ0) is 20.5. The number of unbranched alkanes of at least 4 members (excludes halogenated alkanes) is 1. The molecule has 0 bridgehead atoms. The SMILES string of the molecule is C#CC(CCCCO[Si](C(C)C)(C(C)C)C(C)C)OC(=O)OC(C)(C)C. The average molecular weight is 385 g/mol. The van der Waals surface area contributed by atoms with Crippen LogP contribution < -0.4 is 0 Å². The van der Waals surface area contributed by atoms with Gasteiger partial charge in [-0.2, -0.15) is 0 Å². The molecular formula is C21H40O4Si. The van der Waals surface area contributed by atoms with Gasteiger partial charge in [-0.1, -0.05) is 47.5 Å². The number of terminal acetylenes is 1. The fourth-order valence-corrected chi connectivity index (χ4v) is 9.25. The van der Waals surface area contributed by atoms with E-state index in [9.17, 15) is 4.79 Å². The molecule has 0 spiro atoms. The van der Waals surface area contributed by atoms with E-state index < -0.39 is 26.2 Å². The minimum Gasteiger partial charge on any atom is -0.429 e. The average Bonchev–Trinajstić information content (AvgIpc) is 2.46. The maximum atomic E-state index is 11.7. The lowest BCUT2D eigenvalue weighted by atomic mass is 10.1. The highest BCUT2D eigenvalue weighted by Crippen LogP contribution is 2.42. The van der Waals surface area contributed by atoms with Gasteiger partial charge in [-0.25, -0.2) is 4.79 Å². The molecule has 0 rings (SSSR count). The zero-order valence-corrected chi connectivity index (χ0v) is 19.3. The normalized spacial score (nSPS) is 13.8. The smallest absolute Gasteiger partial charge is 0.429 e. The van der Waals surface area contributed by atoms with Crippen molar-refractivity contribution in [1.29, 1.82) is 0 Å².